The van der Waals surface area contributed by atoms with Crippen molar-refractivity contribution in [2.24, 2.45) is 4.99 Å². The van der Waals surface area contributed by atoms with Crippen LogP contribution < -0.4 is 0 Å². The van der Waals surface area contributed by atoms with Crippen molar-refractivity contribution in [1.82, 2.24) is 0 Å². The van der Waals surface area contributed by atoms with Gasteiger partial charge in [0.05, 0.1) is 5.04 Å². The number of rotatable bonds is 2. The van der Waals surface area contributed by atoms with Crippen LogP contribution in [0.5, 0.6) is 0 Å². The van der Waals surface area contributed by atoms with Crippen LogP contribution in [0.1, 0.15) is 27.7 Å². The summed E-state index contributed by atoms with van der Waals surface area (Å²) in [6, 6.07) is 0. The molecule has 0 unspecified atom stereocenters. The van der Waals surface area contributed by atoms with Gasteiger partial charge in [-0.1, -0.05) is 12.2 Å². The van der Waals surface area contributed by atoms with Gasteiger partial charge in [-0.05, 0) is 27.7 Å². The Labute approximate surface area is 74.0 Å². The van der Waals surface area contributed by atoms with Crippen LogP contribution in [0, 0.1) is 0 Å². The lowest BCUT2D eigenvalue weighted by Crippen LogP contribution is -2.12. The van der Waals surface area contributed by atoms with Crippen molar-refractivity contribution >= 4 is 16.8 Å². The minimum Gasteiger partial charge on any atom is -0.287 e. The molecule has 0 aromatic heterocycles. The van der Waals surface area contributed by atoms with E-state index < -0.39 is 0 Å². The maximum Gasteiger partial charge on any atom is 0.0649 e. The summed E-state index contributed by atoms with van der Waals surface area (Å²) in [5.74, 6) is 0. The zero-order valence-corrected chi connectivity index (χ0v) is 8.83. The maximum absolute atomic E-state index is 4.10. The molecule has 0 atom stereocenters. The molecule has 64 valence electrons. The van der Waals surface area contributed by atoms with Gasteiger partial charge >= 0.3 is 0 Å². The van der Waals surface area contributed by atoms with Crippen molar-refractivity contribution in [2.45, 2.75) is 32.4 Å². The quantitative estimate of drug-likeness (QED) is 0.353. The van der Waals surface area contributed by atoms with Gasteiger partial charge in [-0.25, -0.2) is 0 Å². The number of thioether (sulfide) groups is 1. The molecule has 0 amide bonds. The van der Waals surface area contributed by atoms with Gasteiger partial charge < -0.3 is 0 Å². The van der Waals surface area contributed by atoms with E-state index in [1.54, 1.807) is 11.8 Å². The molecule has 0 rings (SSSR count). The summed E-state index contributed by atoms with van der Waals surface area (Å²) in [7, 11) is 1.83. The molecule has 0 bridgehead atoms. The van der Waals surface area contributed by atoms with Crippen LogP contribution in [-0.2, 0) is 0 Å². The van der Waals surface area contributed by atoms with Crippen LogP contribution in [0.25, 0.3) is 0 Å². The van der Waals surface area contributed by atoms with Gasteiger partial charge in [0, 0.05) is 11.8 Å². The Kier molecular flexibility index (Phi) is 4.50. The van der Waals surface area contributed by atoms with Crippen LogP contribution in [0.2, 0.25) is 0 Å². The second kappa shape index (κ2) is 4.60. The summed E-state index contributed by atoms with van der Waals surface area (Å²) >= 11 is 1.79. The van der Waals surface area contributed by atoms with Crippen LogP contribution in [0.3, 0.4) is 0 Å². The molecule has 1 nitrogen and oxygen atoms in total. The largest absolute Gasteiger partial charge is 0.287 e. The third-order valence-corrected chi connectivity index (χ3v) is 2.43. The molecule has 0 aliphatic heterocycles. The van der Waals surface area contributed by atoms with Crippen LogP contribution in [0.4, 0.5) is 0 Å². The van der Waals surface area contributed by atoms with Crippen molar-refractivity contribution in [3.05, 3.63) is 12.2 Å². The van der Waals surface area contributed by atoms with E-state index in [-0.39, 0.29) is 4.75 Å². The van der Waals surface area contributed by atoms with E-state index in [9.17, 15) is 0 Å². The Morgan fingerprint density at radius 2 is 2.00 bits per heavy atom. The highest BCUT2D eigenvalue weighted by atomic mass is 32.2. The fourth-order valence-corrected chi connectivity index (χ4v) is 1.92. The molecule has 0 saturated carbocycles. The highest BCUT2D eigenvalue weighted by molar-refractivity contribution is 8.15. The molecule has 0 spiro atoms. The fourth-order valence-electron chi connectivity index (χ4n) is 0.862. The predicted octanol–water partition coefficient (Wildman–Crippen LogP) is 3.12. The molecular formula is C9H17NS. The summed E-state index contributed by atoms with van der Waals surface area (Å²) in [6.45, 7) is 8.45. The van der Waals surface area contributed by atoms with Crippen molar-refractivity contribution in [3.63, 3.8) is 0 Å². The van der Waals surface area contributed by atoms with E-state index in [2.05, 4.69) is 31.0 Å². The molecule has 0 fully saturated rings. The summed E-state index contributed by atoms with van der Waals surface area (Å²) in [6.07, 6.45) is 4.27. The first-order valence-electron chi connectivity index (χ1n) is 3.78. The monoisotopic (exact) mass is 171 g/mol. The topological polar surface area (TPSA) is 12.4 Å². The van der Waals surface area contributed by atoms with Gasteiger partial charge in [-0.3, -0.25) is 4.99 Å². The Balaban J connectivity index is 4.12. The molecule has 0 aromatic rings. The molecule has 0 aliphatic carbocycles. The van der Waals surface area contributed by atoms with Crippen molar-refractivity contribution in [3.8, 4) is 0 Å². The number of aliphatic imine (C=N–C) groups is 1. The summed E-state index contributed by atoms with van der Waals surface area (Å²) < 4.78 is 0.179. The molecule has 0 saturated heterocycles. The standard InChI is InChI=1S/C9H17NS/c1-6-7-9(3,4)11-8(2)10-5/h6-7H,1-5H3/b7-6-,10-8?. The second-order valence-electron chi connectivity index (χ2n) is 2.95. The van der Waals surface area contributed by atoms with Crippen LogP contribution in [0.15, 0.2) is 17.1 Å². The van der Waals surface area contributed by atoms with Gasteiger partial charge in [0.1, 0.15) is 0 Å². The van der Waals surface area contributed by atoms with Gasteiger partial charge in [0.25, 0.3) is 0 Å². The third-order valence-electron chi connectivity index (χ3n) is 1.29. The SMILES string of the molecule is C/C=C\C(C)(C)SC(C)=NC. The Hall–Kier alpha value is -0.240. The van der Waals surface area contributed by atoms with Crippen molar-refractivity contribution in [2.75, 3.05) is 7.05 Å². The molecule has 0 radical (unpaired) electrons. The summed E-state index contributed by atoms with van der Waals surface area (Å²) in [4.78, 5) is 4.10. The van der Waals surface area contributed by atoms with Crippen LogP contribution in [-0.4, -0.2) is 16.8 Å². The molecular weight excluding hydrogens is 154 g/mol. The average molecular weight is 171 g/mol. The number of hydrogen-bond acceptors (Lipinski definition) is 2. The minimum absolute atomic E-state index is 0.179. The first kappa shape index (κ1) is 10.8. The van der Waals surface area contributed by atoms with E-state index in [0.29, 0.717) is 0 Å². The van der Waals surface area contributed by atoms with Gasteiger partial charge in [0.2, 0.25) is 0 Å². The van der Waals surface area contributed by atoms with E-state index >= 15 is 0 Å². The van der Waals surface area contributed by atoms with Crippen LogP contribution >= 0.6 is 11.8 Å². The van der Waals surface area contributed by atoms with Crippen molar-refractivity contribution < 1.29 is 0 Å². The van der Waals surface area contributed by atoms with E-state index in [0.717, 1.165) is 5.04 Å². The molecule has 2 heteroatoms. The first-order valence-corrected chi connectivity index (χ1v) is 4.59. The smallest absolute Gasteiger partial charge is 0.0649 e. The zero-order chi connectivity index (χ0) is 8.91. The lowest BCUT2D eigenvalue weighted by molar-refractivity contribution is 0.902. The zero-order valence-electron chi connectivity index (χ0n) is 8.01. The van der Waals surface area contributed by atoms with Gasteiger partial charge in [0.15, 0.2) is 0 Å². The summed E-state index contributed by atoms with van der Waals surface area (Å²) in [5.41, 5.74) is 0. The Bertz CT molecular complexity index is 168. The lowest BCUT2D eigenvalue weighted by atomic mass is 10.2. The van der Waals surface area contributed by atoms with Crippen molar-refractivity contribution in [1.29, 1.82) is 0 Å². The first-order chi connectivity index (χ1) is 5.02. The molecule has 0 aliphatic rings. The second-order valence-corrected chi connectivity index (χ2v) is 4.80. The Morgan fingerprint density at radius 1 is 1.45 bits per heavy atom. The highest BCUT2D eigenvalue weighted by Gasteiger charge is 2.14. The minimum atomic E-state index is 0.179. The molecule has 0 N–H and O–H groups in total. The van der Waals surface area contributed by atoms with E-state index in [4.69, 9.17) is 0 Å². The number of allylic oxidation sites excluding steroid dienone is 1. The Morgan fingerprint density at radius 3 is 2.36 bits per heavy atom. The summed E-state index contributed by atoms with van der Waals surface area (Å²) in [5, 5.41) is 1.13. The molecule has 11 heavy (non-hydrogen) atoms. The fraction of sp³-hybridized carbons (Fsp3) is 0.667. The van der Waals surface area contributed by atoms with Gasteiger partial charge in [-0.15, -0.1) is 11.8 Å². The number of nitrogens with zero attached hydrogens (tertiary/aromatic N) is 1. The predicted molar refractivity (Wildman–Crippen MR) is 55.5 cm³/mol. The normalized spacial score (nSPS) is 14.5. The van der Waals surface area contributed by atoms with E-state index in [1.165, 1.54) is 0 Å². The third kappa shape index (κ3) is 5.08. The number of hydrogen-bond donors (Lipinski definition) is 0. The van der Waals surface area contributed by atoms with Gasteiger partial charge in [-0.2, -0.15) is 0 Å². The van der Waals surface area contributed by atoms with E-state index in [1.807, 2.05) is 20.9 Å². The molecule has 0 heterocycles. The maximum atomic E-state index is 4.10. The average Bonchev–Trinajstić information content (AvgIpc) is 1.86. The highest BCUT2D eigenvalue weighted by Crippen LogP contribution is 2.26. The molecule has 0 aromatic carbocycles. The lowest BCUT2D eigenvalue weighted by Gasteiger charge is -2.18.